The summed E-state index contributed by atoms with van der Waals surface area (Å²) in [4.78, 5) is 2.48. The van der Waals surface area contributed by atoms with Crippen LogP contribution in [0.4, 0.5) is 0 Å². The van der Waals surface area contributed by atoms with Gasteiger partial charge in [-0.1, -0.05) is 6.92 Å². The fourth-order valence-corrected chi connectivity index (χ4v) is 3.06. The van der Waals surface area contributed by atoms with Gasteiger partial charge in [0.25, 0.3) is 0 Å². The predicted molar refractivity (Wildman–Crippen MR) is 71.7 cm³/mol. The largest absolute Gasteiger partial charge is 0.381 e. The van der Waals surface area contributed by atoms with Crippen molar-refractivity contribution in [2.75, 3.05) is 32.8 Å². The fraction of sp³-hybridized carbons (Fsp3) is 0.846. The Kier molecular flexibility index (Phi) is 4.10. The molecule has 0 radical (unpaired) electrons. The van der Waals surface area contributed by atoms with Gasteiger partial charge in [-0.15, -0.1) is 10.2 Å². The van der Waals surface area contributed by atoms with E-state index in [1.54, 1.807) is 0 Å². The summed E-state index contributed by atoms with van der Waals surface area (Å²) in [7, 11) is 0. The van der Waals surface area contributed by atoms with Crippen LogP contribution in [0.5, 0.6) is 0 Å². The zero-order valence-electron chi connectivity index (χ0n) is 11.6. The second kappa shape index (κ2) is 5.98. The monoisotopic (exact) mass is 265 g/mol. The minimum Gasteiger partial charge on any atom is -0.381 e. The molecule has 1 N–H and O–H groups in total. The molecule has 6 heteroatoms. The van der Waals surface area contributed by atoms with Crippen molar-refractivity contribution in [1.82, 2.24) is 25.0 Å². The smallest absolute Gasteiger partial charge is 0.147 e. The van der Waals surface area contributed by atoms with Gasteiger partial charge in [0.2, 0.25) is 0 Å². The molecule has 106 valence electrons. The first-order valence-corrected chi connectivity index (χ1v) is 7.27. The SMILES string of the molecule is CCNC(CN1CCn2cnnc2C1)C1CCOC1. The Morgan fingerprint density at radius 1 is 1.53 bits per heavy atom. The van der Waals surface area contributed by atoms with Crippen molar-refractivity contribution in [2.24, 2.45) is 5.92 Å². The van der Waals surface area contributed by atoms with E-state index in [1.807, 2.05) is 6.33 Å². The van der Waals surface area contributed by atoms with Crippen molar-refractivity contribution < 1.29 is 4.74 Å². The predicted octanol–water partition coefficient (Wildman–Crippen LogP) is 0.108. The van der Waals surface area contributed by atoms with Gasteiger partial charge >= 0.3 is 0 Å². The molecule has 0 spiro atoms. The molecule has 0 aliphatic carbocycles. The van der Waals surface area contributed by atoms with Crippen LogP contribution in [-0.4, -0.2) is 58.6 Å². The third-order valence-electron chi connectivity index (χ3n) is 4.17. The number of hydrogen-bond donors (Lipinski definition) is 1. The Morgan fingerprint density at radius 2 is 2.47 bits per heavy atom. The first kappa shape index (κ1) is 13.0. The van der Waals surface area contributed by atoms with Gasteiger partial charge in [0, 0.05) is 38.2 Å². The molecular weight excluding hydrogens is 242 g/mol. The quantitative estimate of drug-likeness (QED) is 0.819. The normalized spacial score (nSPS) is 25.4. The van der Waals surface area contributed by atoms with Crippen LogP contribution in [0.3, 0.4) is 0 Å². The summed E-state index contributed by atoms with van der Waals surface area (Å²) in [6, 6.07) is 0.530. The molecule has 2 atom stereocenters. The molecule has 1 saturated heterocycles. The first-order valence-electron chi connectivity index (χ1n) is 7.27. The summed E-state index contributed by atoms with van der Waals surface area (Å²) in [5.41, 5.74) is 0. The highest BCUT2D eigenvalue weighted by Crippen LogP contribution is 2.19. The lowest BCUT2D eigenvalue weighted by atomic mass is 9.98. The standard InChI is InChI=1S/C13H23N5O/c1-2-14-12(11-3-6-19-9-11)7-17-4-5-18-10-15-16-13(18)8-17/h10-12,14H,2-9H2,1H3. The number of fused-ring (bicyclic) bond motifs is 1. The second-order valence-electron chi connectivity index (χ2n) is 5.46. The van der Waals surface area contributed by atoms with E-state index in [2.05, 4.69) is 31.9 Å². The molecule has 6 nitrogen and oxygen atoms in total. The average molecular weight is 265 g/mol. The average Bonchev–Trinajstić information content (AvgIpc) is 3.09. The lowest BCUT2D eigenvalue weighted by Crippen LogP contribution is -2.47. The van der Waals surface area contributed by atoms with Crippen molar-refractivity contribution in [3.05, 3.63) is 12.2 Å². The molecule has 0 bridgehead atoms. The van der Waals surface area contributed by atoms with Gasteiger partial charge in [-0.3, -0.25) is 4.90 Å². The zero-order valence-corrected chi connectivity index (χ0v) is 11.6. The van der Waals surface area contributed by atoms with Gasteiger partial charge < -0.3 is 14.6 Å². The van der Waals surface area contributed by atoms with E-state index in [4.69, 9.17) is 4.74 Å². The van der Waals surface area contributed by atoms with Crippen LogP contribution >= 0.6 is 0 Å². The lowest BCUT2D eigenvalue weighted by molar-refractivity contribution is 0.148. The third-order valence-corrected chi connectivity index (χ3v) is 4.17. The van der Waals surface area contributed by atoms with E-state index in [-0.39, 0.29) is 0 Å². The molecule has 1 fully saturated rings. The van der Waals surface area contributed by atoms with E-state index >= 15 is 0 Å². The van der Waals surface area contributed by atoms with Crippen LogP contribution < -0.4 is 5.32 Å². The van der Waals surface area contributed by atoms with Crippen LogP contribution in [0.1, 0.15) is 19.2 Å². The van der Waals surface area contributed by atoms with Crippen LogP contribution in [0.2, 0.25) is 0 Å². The van der Waals surface area contributed by atoms with E-state index < -0.39 is 0 Å². The Balaban J connectivity index is 1.59. The van der Waals surface area contributed by atoms with E-state index in [1.165, 1.54) is 6.42 Å². The molecular formula is C13H23N5O. The Hall–Kier alpha value is -0.980. The highest BCUT2D eigenvalue weighted by Gasteiger charge is 2.28. The summed E-state index contributed by atoms with van der Waals surface area (Å²) < 4.78 is 7.68. The zero-order chi connectivity index (χ0) is 13.1. The molecule has 0 aromatic carbocycles. The van der Waals surface area contributed by atoms with Gasteiger partial charge in [-0.2, -0.15) is 0 Å². The van der Waals surface area contributed by atoms with Gasteiger partial charge in [-0.05, 0) is 13.0 Å². The van der Waals surface area contributed by atoms with Crippen LogP contribution in [0.25, 0.3) is 0 Å². The first-order chi connectivity index (χ1) is 9.36. The highest BCUT2D eigenvalue weighted by molar-refractivity contribution is 4.92. The minimum atomic E-state index is 0.530. The molecule has 2 unspecified atom stereocenters. The maximum absolute atomic E-state index is 5.53. The Morgan fingerprint density at radius 3 is 3.26 bits per heavy atom. The van der Waals surface area contributed by atoms with Crippen LogP contribution in [-0.2, 0) is 17.8 Å². The van der Waals surface area contributed by atoms with E-state index in [9.17, 15) is 0 Å². The number of hydrogen-bond acceptors (Lipinski definition) is 5. The summed E-state index contributed by atoms with van der Waals surface area (Å²) in [6.07, 6.45) is 3.01. The molecule has 19 heavy (non-hydrogen) atoms. The topological polar surface area (TPSA) is 55.2 Å². The van der Waals surface area contributed by atoms with Crippen molar-refractivity contribution in [3.8, 4) is 0 Å². The van der Waals surface area contributed by atoms with Crippen molar-refractivity contribution in [2.45, 2.75) is 32.5 Å². The molecule has 1 aromatic heterocycles. The second-order valence-corrected chi connectivity index (χ2v) is 5.46. The number of aromatic nitrogens is 3. The minimum absolute atomic E-state index is 0.530. The summed E-state index contributed by atoms with van der Waals surface area (Å²) in [5, 5.41) is 11.8. The Bertz CT molecular complexity index is 401. The third kappa shape index (κ3) is 2.96. The van der Waals surface area contributed by atoms with Crippen LogP contribution in [0.15, 0.2) is 6.33 Å². The van der Waals surface area contributed by atoms with Gasteiger partial charge in [0.15, 0.2) is 0 Å². The van der Waals surface area contributed by atoms with Crippen molar-refractivity contribution >= 4 is 0 Å². The summed E-state index contributed by atoms with van der Waals surface area (Å²) >= 11 is 0. The molecule has 3 heterocycles. The van der Waals surface area contributed by atoms with E-state index in [0.717, 1.165) is 51.8 Å². The highest BCUT2D eigenvalue weighted by atomic mass is 16.5. The maximum Gasteiger partial charge on any atom is 0.147 e. The lowest BCUT2D eigenvalue weighted by Gasteiger charge is -2.33. The number of likely N-dealkylation sites (N-methyl/N-ethyl adjacent to an activating group) is 1. The number of ether oxygens (including phenoxy) is 1. The fourth-order valence-electron chi connectivity index (χ4n) is 3.06. The van der Waals surface area contributed by atoms with Crippen molar-refractivity contribution in [1.29, 1.82) is 0 Å². The summed E-state index contributed by atoms with van der Waals surface area (Å²) in [6.45, 7) is 9.09. The Labute approximate surface area is 114 Å². The number of nitrogens with zero attached hydrogens (tertiary/aromatic N) is 4. The molecule has 1 aromatic rings. The van der Waals surface area contributed by atoms with Gasteiger partial charge in [-0.25, -0.2) is 0 Å². The van der Waals surface area contributed by atoms with Crippen LogP contribution in [0, 0.1) is 5.92 Å². The van der Waals surface area contributed by atoms with E-state index in [0.29, 0.717) is 12.0 Å². The molecule has 3 rings (SSSR count). The number of nitrogens with one attached hydrogen (secondary N) is 1. The molecule has 0 amide bonds. The maximum atomic E-state index is 5.53. The molecule has 2 aliphatic rings. The summed E-state index contributed by atoms with van der Waals surface area (Å²) in [5.74, 6) is 1.74. The molecule has 2 aliphatic heterocycles. The van der Waals surface area contributed by atoms with Crippen molar-refractivity contribution in [3.63, 3.8) is 0 Å². The molecule has 0 saturated carbocycles. The van der Waals surface area contributed by atoms with Gasteiger partial charge in [0.05, 0.1) is 13.2 Å². The number of rotatable bonds is 5. The van der Waals surface area contributed by atoms with Gasteiger partial charge in [0.1, 0.15) is 12.2 Å².